The molecule has 1 amide bonds. The van der Waals surface area contributed by atoms with E-state index >= 15 is 0 Å². The molecule has 3 heterocycles. The molecule has 0 saturated carbocycles. The first kappa shape index (κ1) is 63.0. The van der Waals surface area contributed by atoms with Crippen LogP contribution >= 0.6 is 0 Å². The fraction of sp³-hybridized carbons (Fsp3) is 0.827. The summed E-state index contributed by atoms with van der Waals surface area (Å²) in [5.41, 5.74) is 0. The second-order valence-electron chi connectivity index (χ2n) is 19.0. The van der Waals surface area contributed by atoms with Crippen molar-refractivity contribution in [2.75, 3.05) is 26.4 Å². The molecule has 3 aliphatic heterocycles. The van der Waals surface area contributed by atoms with E-state index in [4.69, 9.17) is 28.4 Å². The maximum atomic E-state index is 13.2. The van der Waals surface area contributed by atoms with E-state index in [1.165, 1.54) is 57.8 Å². The smallest absolute Gasteiger partial charge is 0.220 e. The van der Waals surface area contributed by atoms with E-state index in [1.807, 2.05) is 13.0 Å². The summed E-state index contributed by atoms with van der Waals surface area (Å²) in [5, 5.41) is 119. The lowest BCUT2D eigenvalue weighted by Crippen LogP contribution is -2.66. The van der Waals surface area contributed by atoms with Crippen LogP contribution in [0.5, 0.6) is 0 Å². The molecule has 0 aromatic carbocycles. The van der Waals surface area contributed by atoms with Crippen LogP contribution in [0.3, 0.4) is 0 Å². The molecule has 17 atom stereocenters. The normalized spacial score (nSPS) is 32.7. The highest BCUT2D eigenvalue weighted by Gasteiger charge is 2.53. The van der Waals surface area contributed by atoms with Gasteiger partial charge in [0.2, 0.25) is 5.91 Å². The van der Waals surface area contributed by atoms with Crippen LogP contribution in [-0.2, 0) is 33.2 Å². The van der Waals surface area contributed by atoms with Gasteiger partial charge in [-0.3, -0.25) is 4.79 Å². The Kier molecular flexibility index (Phi) is 32.5. The predicted octanol–water partition coefficient (Wildman–Crippen LogP) is 2.36. The van der Waals surface area contributed by atoms with E-state index in [2.05, 4.69) is 42.6 Å². The van der Waals surface area contributed by atoms with Gasteiger partial charge in [-0.05, 0) is 64.7 Å². The minimum Gasteiger partial charge on any atom is -0.394 e. The van der Waals surface area contributed by atoms with Gasteiger partial charge < -0.3 is 89.9 Å². The molecule has 17 unspecified atom stereocenters. The lowest BCUT2D eigenvalue weighted by atomic mass is 9.96. The minimum absolute atomic E-state index is 0.225. The highest BCUT2D eigenvalue weighted by atomic mass is 16.8. The summed E-state index contributed by atoms with van der Waals surface area (Å²) in [5.74, 6) is -0.301. The SMILES string of the molecule is C/C=C/CC/C=C/CC/C=C/C(O)C(COC1OC(CO)C(OC2OC(CO)C(OC3OC(CO)C(O)C(O)C3O)C(O)C2O)C(O)C1O)NC(=O)CCCCCCCCC/C=C\CCCCCCCC. The topological polar surface area (TPSA) is 307 Å². The molecular weight excluding hydrogens is 927 g/mol. The lowest BCUT2D eigenvalue weighted by Gasteiger charge is -2.48. The number of carbonyl (C=O) groups excluding carboxylic acids is 1. The molecule has 19 heteroatoms. The Hall–Kier alpha value is -2.25. The quantitative estimate of drug-likeness (QED) is 0.0317. The molecule has 0 aliphatic carbocycles. The molecule has 0 aromatic heterocycles. The number of hydrogen-bond acceptors (Lipinski definition) is 18. The van der Waals surface area contributed by atoms with E-state index in [1.54, 1.807) is 12.2 Å². The van der Waals surface area contributed by atoms with Crippen LogP contribution in [-0.4, -0.2) is 193 Å². The van der Waals surface area contributed by atoms with E-state index in [0.717, 1.165) is 51.4 Å². The van der Waals surface area contributed by atoms with Crippen molar-refractivity contribution < 1.29 is 89.4 Å². The first-order valence-electron chi connectivity index (χ1n) is 26.4. The van der Waals surface area contributed by atoms with Crippen LogP contribution in [0, 0.1) is 0 Å². The Morgan fingerprint density at radius 3 is 1.49 bits per heavy atom. The summed E-state index contributed by atoms with van der Waals surface area (Å²) in [6.45, 7) is 1.40. The number of rotatable bonds is 36. The number of aliphatic hydroxyl groups is 11. The summed E-state index contributed by atoms with van der Waals surface area (Å²) in [7, 11) is 0. The number of carbonyl (C=O) groups is 1. The van der Waals surface area contributed by atoms with Crippen molar-refractivity contribution in [2.45, 2.75) is 247 Å². The van der Waals surface area contributed by atoms with Crippen LogP contribution in [0.25, 0.3) is 0 Å². The molecular formula is C52H91NO18. The minimum atomic E-state index is -1.98. The highest BCUT2D eigenvalue weighted by molar-refractivity contribution is 5.76. The molecule has 3 aliphatic rings. The molecule has 0 spiro atoms. The number of allylic oxidation sites excluding steroid dienone is 7. The van der Waals surface area contributed by atoms with Crippen LogP contribution in [0.2, 0.25) is 0 Å². The zero-order chi connectivity index (χ0) is 52.0. The maximum absolute atomic E-state index is 13.2. The number of aliphatic hydroxyl groups excluding tert-OH is 11. The van der Waals surface area contributed by atoms with Gasteiger partial charge in [0.1, 0.15) is 73.2 Å². The summed E-state index contributed by atoms with van der Waals surface area (Å²) >= 11 is 0. The summed E-state index contributed by atoms with van der Waals surface area (Å²) in [6, 6.07) is -0.995. The third-order valence-corrected chi connectivity index (χ3v) is 13.2. The molecule has 19 nitrogen and oxygen atoms in total. The molecule has 0 radical (unpaired) electrons. The average Bonchev–Trinajstić information content (AvgIpc) is 3.36. The second kappa shape index (κ2) is 36.7. The van der Waals surface area contributed by atoms with Crippen molar-refractivity contribution in [3.8, 4) is 0 Å². The van der Waals surface area contributed by atoms with Crippen molar-refractivity contribution in [1.29, 1.82) is 0 Å². The molecule has 3 rings (SSSR count). The highest BCUT2D eigenvalue weighted by Crippen LogP contribution is 2.33. The standard InChI is InChI=1S/C52H91NO18/c1-3-5-7-9-11-13-14-15-16-17-18-19-20-22-24-26-28-30-40(58)53-35(36(57)29-27-25-23-21-12-10-8-6-4-2)34-66-50-46(64)43(61)48(38(32-55)68-50)71-52-47(65)44(62)49(39(33-56)69-52)70-51-45(63)42(60)41(59)37(31-54)67-51/h4,6,12,15-16,21,27,29,35-39,41-52,54-57,59-65H,3,5,7-11,13-14,17-20,22-26,28,30-34H2,1-2H3,(H,53,58)/b6-4+,16-15-,21-12+,29-27+. The first-order valence-corrected chi connectivity index (χ1v) is 26.4. The first-order chi connectivity index (χ1) is 34.3. The van der Waals surface area contributed by atoms with E-state index in [9.17, 15) is 61.0 Å². The van der Waals surface area contributed by atoms with Crippen LogP contribution in [0.4, 0.5) is 0 Å². The number of hydrogen-bond donors (Lipinski definition) is 12. The predicted molar refractivity (Wildman–Crippen MR) is 263 cm³/mol. The number of unbranched alkanes of at least 4 members (excludes halogenated alkanes) is 15. The number of nitrogens with one attached hydrogen (secondary N) is 1. The third-order valence-electron chi connectivity index (χ3n) is 13.2. The van der Waals surface area contributed by atoms with Gasteiger partial charge in [-0.2, -0.15) is 0 Å². The lowest BCUT2D eigenvalue weighted by molar-refractivity contribution is -0.379. The van der Waals surface area contributed by atoms with Crippen LogP contribution in [0.15, 0.2) is 48.6 Å². The Labute approximate surface area is 421 Å². The van der Waals surface area contributed by atoms with E-state index in [0.29, 0.717) is 12.8 Å². The molecule has 0 aromatic rings. The summed E-state index contributed by atoms with van der Waals surface area (Å²) in [6.07, 6.45) is 10.1. The Bertz CT molecular complexity index is 1500. The van der Waals surface area contributed by atoms with Gasteiger partial charge >= 0.3 is 0 Å². The monoisotopic (exact) mass is 1020 g/mol. The summed E-state index contributed by atoms with van der Waals surface area (Å²) < 4.78 is 34.0. The zero-order valence-electron chi connectivity index (χ0n) is 42.2. The van der Waals surface area contributed by atoms with Crippen molar-refractivity contribution in [3.05, 3.63) is 48.6 Å². The fourth-order valence-electron chi connectivity index (χ4n) is 8.75. The average molecular weight is 1020 g/mol. The van der Waals surface area contributed by atoms with E-state index in [-0.39, 0.29) is 18.9 Å². The van der Waals surface area contributed by atoms with Gasteiger partial charge in [-0.15, -0.1) is 0 Å². The van der Waals surface area contributed by atoms with Crippen LogP contribution < -0.4 is 5.32 Å². The Morgan fingerprint density at radius 1 is 0.521 bits per heavy atom. The van der Waals surface area contributed by atoms with Gasteiger partial charge in [0.15, 0.2) is 18.9 Å². The molecule has 3 fully saturated rings. The molecule has 12 N–H and O–H groups in total. The molecule has 0 bridgehead atoms. The largest absolute Gasteiger partial charge is 0.394 e. The zero-order valence-corrected chi connectivity index (χ0v) is 42.2. The fourth-order valence-corrected chi connectivity index (χ4v) is 8.75. The molecule has 3 saturated heterocycles. The Morgan fingerprint density at radius 2 is 0.958 bits per heavy atom. The van der Waals surface area contributed by atoms with Gasteiger partial charge in [0.25, 0.3) is 0 Å². The van der Waals surface area contributed by atoms with Gasteiger partial charge in [0, 0.05) is 6.42 Å². The summed E-state index contributed by atoms with van der Waals surface area (Å²) in [4.78, 5) is 13.2. The Balaban J connectivity index is 1.53. The van der Waals surface area contributed by atoms with E-state index < -0.39 is 124 Å². The number of ether oxygens (including phenoxy) is 6. The molecule has 71 heavy (non-hydrogen) atoms. The van der Waals surface area contributed by atoms with Gasteiger partial charge in [-0.25, -0.2) is 0 Å². The van der Waals surface area contributed by atoms with Crippen LogP contribution in [0.1, 0.15) is 142 Å². The van der Waals surface area contributed by atoms with Crippen molar-refractivity contribution in [3.63, 3.8) is 0 Å². The third kappa shape index (κ3) is 22.2. The van der Waals surface area contributed by atoms with Gasteiger partial charge in [0.05, 0.1) is 38.6 Å². The second-order valence-corrected chi connectivity index (χ2v) is 19.0. The molecule has 412 valence electrons. The van der Waals surface area contributed by atoms with Crippen molar-refractivity contribution >= 4 is 5.91 Å². The van der Waals surface area contributed by atoms with Crippen molar-refractivity contribution in [1.82, 2.24) is 5.32 Å². The number of amides is 1. The van der Waals surface area contributed by atoms with Crippen molar-refractivity contribution in [2.24, 2.45) is 0 Å². The maximum Gasteiger partial charge on any atom is 0.220 e. The van der Waals surface area contributed by atoms with Gasteiger partial charge in [-0.1, -0.05) is 120 Å².